The zero-order valence-electron chi connectivity index (χ0n) is 11.7. The number of fused-ring (bicyclic) bond motifs is 2. The van der Waals surface area contributed by atoms with E-state index in [1.807, 2.05) is 12.3 Å². The molecule has 1 aromatic rings. The molecule has 0 spiro atoms. The first kappa shape index (κ1) is 13.1. The third-order valence-electron chi connectivity index (χ3n) is 4.25. The van der Waals surface area contributed by atoms with Crippen LogP contribution in [0.15, 0.2) is 31.0 Å². The average Bonchev–Trinajstić information content (AvgIpc) is 2.52. The van der Waals surface area contributed by atoms with Gasteiger partial charge in [0.15, 0.2) is 0 Å². The highest BCUT2D eigenvalue weighted by atomic mass is 16.5. The van der Waals surface area contributed by atoms with E-state index in [4.69, 9.17) is 10.1 Å². The second-order valence-corrected chi connectivity index (χ2v) is 5.42. The summed E-state index contributed by atoms with van der Waals surface area (Å²) in [6.07, 6.45) is 4.75. The van der Waals surface area contributed by atoms with Crippen molar-refractivity contribution in [3.8, 4) is 5.88 Å². The van der Waals surface area contributed by atoms with E-state index in [-0.39, 0.29) is 0 Å². The Morgan fingerprint density at radius 2 is 2.25 bits per heavy atom. The van der Waals surface area contributed by atoms with Crippen molar-refractivity contribution >= 4 is 5.84 Å². The van der Waals surface area contributed by atoms with Crippen molar-refractivity contribution in [1.82, 2.24) is 14.8 Å². The summed E-state index contributed by atoms with van der Waals surface area (Å²) in [6.45, 7) is 6.48. The zero-order chi connectivity index (χ0) is 14.1. The van der Waals surface area contributed by atoms with Gasteiger partial charge in [-0.3, -0.25) is 10.3 Å². The molecular weight excluding hydrogens is 252 g/mol. The maximum atomic E-state index is 7.84. The molecule has 20 heavy (non-hydrogen) atoms. The minimum Gasteiger partial charge on any atom is -0.481 e. The fourth-order valence-electron chi connectivity index (χ4n) is 3.11. The molecule has 0 amide bonds. The highest BCUT2D eigenvalue weighted by Crippen LogP contribution is 2.33. The van der Waals surface area contributed by atoms with Crippen molar-refractivity contribution in [3.05, 3.63) is 36.5 Å². The summed E-state index contributed by atoms with van der Waals surface area (Å²) in [5.41, 5.74) is 1.22. The Labute approximate surface area is 119 Å². The minimum absolute atomic E-state index is 0.547. The standard InChI is InChI=1S/C15H20N4O/c1-3-14(16)18-9-12-6-13(10-18)19(12)8-11-4-5-15(20-2)17-7-11/h3-5,7,12-13,16H,1,6,8-10H2,2H3. The van der Waals surface area contributed by atoms with E-state index < -0.39 is 0 Å². The van der Waals surface area contributed by atoms with Gasteiger partial charge in [0.2, 0.25) is 5.88 Å². The number of rotatable bonds is 4. The molecule has 0 aromatic carbocycles. The van der Waals surface area contributed by atoms with Gasteiger partial charge in [0.05, 0.1) is 7.11 Å². The third kappa shape index (κ3) is 2.29. The number of amidine groups is 1. The number of pyridine rings is 1. The molecular formula is C15H20N4O. The van der Waals surface area contributed by atoms with Crippen LogP contribution in [0.25, 0.3) is 0 Å². The number of ether oxygens (including phenoxy) is 1. The second kappa shape index (κ2) is 5.25. The largest absolute Gasteiger partial charge is 0.481 e. The molecule has 2 atom stereocenters. The second-order valence-electron chi connectivity index (χ2n) is 5.42. The number of piperidine rings is 1. The molecule has 4 heterocycles. The average molecular weight is 272 g/mol. The Hall–Kier alpha value is -1.88. The van der Waals surface area contributed by atoms with Crippen LogP contribution < -0.4 is 4.74 Å². The van der Waals surface area contributed by atoms with Crippen LogP contribution in [-0.2, 0) is 6.54 Å². The first-order valence-corrected chi connectivity index (χ1v) is 6.92. The monoisotopic (exact) mass is 272 g/mol. The Morgan fingerprint density at radius 1 is 1.50 bits per heavy atom. The lowest BCUT2D eigenvalue weighted by molar-refractivity contribution is -0.0539. The van der Waals surface area contributed by atoms with E-state index in [1.54, 1.807) is 13.2 Å². The Morgan fingerprint density at radius 3 is 2.80 bits per heavy atom. The first-order valence-electron chi connectivity index (χ1n) is 6.92. The van der Waals surface area contributed by atoms with E-state index in [2.05, 4.69) is 27.4 Å². The molecule has 0 saturated carbocycles. The van der Waals surface area contributed by atoms with Crippen molar-refractivity contribution in [2.45, 2.75) is 25.0 Å². The predicted octanol–water partition coefficient (Wildman–Crippen LogP) is 1.51. The zero-order valence-corrected chi connectivity index (χ0v) is 11.7. The number of hydrogen-bond donors (Lipinski definition) is 1. The topological polar surface area (TPSA) is 52.5 Å². The summed E-state index contributed by atoms with van der Waals surface area (Å²) in [5.74, 6) is 1.20. The van der Waals surface area contributed by atoms with Gasteiger partial charge in [-0.05, 0) is 18.1 Å². The third-order valence-corrected chi connectivity index (χ3v) is 4.25. The van der Waals surface area contributed by atoms with Gasteiger partial charge >= 0.3 is 0 Å². The van der Waals surface area contributed by atoms with E-state index in [0.717, 1.165) is 19.6 Å². The maximum Gasteiger partial charge on any atom is 0.212 e. The van der Waals surface area contributed by atoms with Crippen LogP contribution in [0.5, 0.6) is 5.88 Å². The van der Waals surface area contributed by atoms with Crippen molar-refractivity contribution in [2.24, 2.45) is 0 Å². The van der Waals surface area contributed by atoms with Gasteiger partial charge in [-0.15, -0.1) is 0 Å². The molecule has 5 nitrogen and oxygen atoms in total. The van der Waals surface area contributed by atoms with Crippen molar-refractivity contribution < 1.29 is 4.74 Å². The molecule has 106 valence electrons. The SMILES string of the molecule is C=CC(=N)N1CC2CC(C1)N2Cc1ccc(OC)nc1. The van der Waals surface area contributed by atoms with Gasteiger partial charge in [-0.25, -0.2) is 4.98 Å². The summed E-state index contributed by atoms with van der Waals surface area (Å²) in [4.78, 5) is 8.88. The molecule has 3 saturated heterocycles. The molecule has 3 fully saturated rings. The van der Waals surface area contributed by atoms with Crippen LogP contribution in [0.2, 0.25) is 0 Å². The lowest BCUT2D eigenvalue weighted by Crippen LogP contribution is -2.68. The Bertz CT molecular complexity index is 501. The van der Waals surface area contributed by atoms with Gasteiger partial charge in [-0.1, -0.05) is 12.6 Å². The molecule has 2 bridgehead atoms. The van der Waals surface area contributed by atoms with Gasteiger partial charge in [0, 0.05) is 44.0 Å². The highest BCUT2D eigenvalue weighted by molar-refractivity contribution is 5.89. The molecule has 3 aliphatic rings. The Kier molecular flexibility index (Phi) is 3.44. The normalized spacial score (nSPS) is 24.9. The van der Waals surface area contributed by atoms with Crippen LogP contribution in [0.3, 0.4) is 0 Å². The fourth-order valence-corrected chi connectivity index (χ4v) is 3.11. The Balaban J connectivity index is 1.60. The number of methoxy groups -OCH3 is 1. The number of nitrogens with one attached hydrogen (secondary N) is 1. The summed E-state index contributed by atoms with van der Waals surface area (Å²) in [7, 11) is 1.63. The van der Waals surface area contributed by atoms with Crippen molar-refractivity contribution in [1.29, 1.82) is 5.41 Å². The van der Waals surface area contributed by atoms with E-state index >= 15 is 0 Å². The molecule has 1 N–H and O–H groups in total. The van der Waals surface area contributed by atoms with Crippen molar-refractivity contribution in [2.75, 3.05) is 20.2 Å². The quantitative estimate of drug-likeness (QED) is 0.667. The van der Waals surface area contributed by atoms with Crippen LogP contribution in [0, 0.1) is 5.41 Å². The van der Waals surface area contributed by atoms with Gasteiger partial charge in [-0.2, -0.15) is 0 Å². The number of piperazine rings is 1. The number of aromatic nitrogens is 1. The van der Waals surface area contributed by atoms with Crippen LogP contribution in [-0.4, -0.2) is 52.9 Å². The van der Waals surface area contributed by atoms with Crippen LogP contribution in [0.1, 0.15) is 12.0 Å². The van der Waals surface area contributed by atoms with Crippen LogP contribution >= 0.6 is 0 Å². The van der Waals surface area contributed by atoms with E-state index in [0.29, 0.717) is 23.8 Å². The maximum absolute atomic E-state index is 7.84. The van der Waals surface area contributed by atoms with Crippen molar-refractivity contribution in [3.63, 3.8) is 0 Å². The summed E-state index contributed by atoms with van der Waals surface area (Å²) in [5, 5.41) is 7.84. The summed E-state index contributed by atoms with van der Waals surface area (Å²) in [6, 6.07) is 5.08. The number of hydrogen-bond acceptors (Lipinski definition) is 4. The molecule has 2 unspecified atom stereocenters. The molecule has 4 rings (SSSR count). The van der Waals surface area contributed by atoms with Gasteiger partial charge in [0.25, 0.3) is 0 Å². The smallest absolute Gasteiger partial charge is 0.212 e. The predicted molar refractivity (Wildman–Crippen MR) is 78.0 cm³/mol. The molecule has 0 aliphatic carbocycles. The van der Waals surface area contributed by atoms with Crippen LogP contribution in [0.4, 0.5) is 0 Å². The van der Waals surface area contributed by atoms with Gasteiger partial charge in [0.1, 0.15) is 5.84 Å². The van der Waals surface area contributed by atoms with Gasteiger partial charge < -0.3 is 9.64 Å². The number of nitrogens with zero attached hydrogens (tertiary/aromatic N) is 3. The fraction of sp³-hybridized carbons (Fsp3) is 0.467. The lowest BCUT2D eigenvalue weighted by Gasteiger charge is -2.56. The minimum atomic E-state index is 0.547. The summed E-state index contributed by atoms with van der Waals surface area (Å²) >= 11 is 0. The highest BCUT2D eigenvalue weighted by Gasteiger charge is 2.44. The lowest BCUT2D eigenvalue weighted by atomic mass is 9.87. The molecule has 5 heteroatoms. The van der Waals surface area contributed by atoms with E-state index in [9.17, 15) is 0 Å². The van der Waals surface area contributed by atoms with E-state index in [1.165, 1.54) is 12.0 Å². The molecule has 3 aliphatic heterocycles. The molecule has 0 radical (unpaired) electrons. The first-order chi connectivity index (χ1) is 9.71. The molecule has 1 aromatic heterocycles. The summed E-state index contributed by atoms with van der Waals surface area (Å²) < 4.78 is 5.08.